The molecule has 27 heavy (non-hydrogen) atoms. The van der Waals surface area contributed by atoms with E-state index in [1.165, 1.54) is 0 Å². The van der Waals surface area contributed by atoms with Crippen LogP contribution in [0.4, 0.5) is 5.95 Å². The van der Waals surface area contributed by atoms with Crippen LogP contribution in [0.25, 0.3) is 11.0 Å². The smallest absolute Gasteiger partial charge is 0.251 e. The number of anilines is 1. The average molecular weight is 369 g/mol. The Morgan fingerprint density at radius 1 is 1.30 bits per heavy atom. The number of morpholine rings is 1. The number of aromatic nitrogens is 5. The first-order valence-corrected chi connectivity index (χ1v) is 9.14. The van der Waals surface area contributed by atoms with E-state index in [0.717, 1.165) is 43.0 Å². The molecule has 1 N–H and O–H groups in total. The summed E-state index contributed by atoms with van der Waals surface area (Å²) < 4.78 is 9.23. The molecule has 1 fully saturated rings. The van der Waals surface area contributed by atoms with Crippen LogP contribution in [0.2, 0.25) is 0 Å². The fraction of sp³-hybridized carbons (Fsp3) is 0.444. The molecule has 0 saturated carbocycles. The predicted molar refractivity (Wildman–Crippen MR) is 101 cm³/mol. The second-order valence-corrected chi connectivity index (χ2v) is 6.55. The van der Waals surface area contributed by atoms with Gasteiger partial charge in [-0.25, -0.2) is 4.98 Å². The molecule has 0 unspecified atom stereocenters. The quantitative estimate of drug-likeness (QED) is 0.647. The van der Waals surface area contributed by atoms with Crippen LogP contribution in [0.1, 0.15) is 16.8 Å². The molecule has 1 amide bonds. The molecule has 2 aromatic heterocycles. The number of rotatable bonds is 6. The van der Waals surface area contributed by atoms with E-state index in [1.807, 2.05) is 31.4 Å². The first kappa shape index (κ1) is 17.5. The van der Waals surface area contributed by atoms with Crippen LogP contribution >= 0.6 is 0 Å². The minimum Gasteiger partial charge on any atom is -0.378 e. The molecule has 4 rings (SSSR count). The number of benzene rings is 1. The van der Waals surface area contributed by atoms with Gasteiger partial charge < -0.3 is 19.5 Å². The van der Waals surface area contributed by atoms with Gasteiger partial charge in [0, 0.05) is 45.0 Å². The van der Waals surface area contributed by atoms with Crippen LogP contribution in [-0.2, 0) is 18.3 Å². The van der Waals surface area contributed by atoms with Crippen LogP contribution in [0.3, 0.4) is 0 Å². The minimum absolute atomic E-state index is 0.0888. The van der Waals surface area contributed by atoms with E-state index in [0.29, 0.717) is 25.3 Å². The van der Waals surface area contributed by atoms with Gasteiger partial charge in [0.15, 0.2) is 0 Å². The van der Waals surface area contributed by atoms with Crippen LogP contribution in [0.15, 0.2) is 30.6 Å². The van der Waals surface area contributed by atoms with E-state index >= 15 is 0 Å². The molecule has 0 atom stereocenters. The topological polar surface area (TPSA) is 90.1 Å². The largest absolute Gasteiger partial charge is 0.378 e. The van der Waals surface area contributed by atoms with Crippen molar-refractivity contribution in [3.05, 3.63) is 36.2 Å². The number of nitrogens with one attached hydrogen (secondary N) is 1. The Labute approximate surface area is 156 Å². The van der Waals surface area contributed by atoms with Crippen molar-refractivity contribution in [2.75, 3.05) is 37.7 Å². The molecule has 0 spiro atoms. The van der Waals surface area contributed by atoms with Crippen molar-refractivity contribution in [2.45, 2.75) is 13.0 Å². The lowest BCUT2D eigenvalue weighted by Gasteiger charge is -2.27. The maximum atomic E-state index is 12.4. The number of nitrogens with zero attached hydrogens (tertiary/aromatic N) is 6. The Kier molecular flexibility index (Phi) is 5.01. The predicted octanol–water partition coefficient (Wildman–Crippen LogP) is 0.821. The number of fused-ring (bicyclic) bond motifs is 1. The zero-order valence-corrected chi connectivity index (χ0v) is 15.3. The SMILES string of the molecule is Cn1c(N2CCOCC2)nc2cc(C(=O)NCCCn3ccnn3)ccc21. The van der Waals surface area contributed by atoms with Crippen molar-refractivity contribution in [3.8, 4) is 0 Å². The molecule has 1 saturated heterocycles. The van der Waals surface area contributed by atoms with Crippen molar-refractivity contribution in [3.63, 3.8) is 0 Å². The summed E-state index contributed by atoms with van der Waals surface area (Å²) in [5.41, 5.74) is 2.46. The van der Waals surface area contributed by atoms with Crippen molar-refractivity contribution in [1.29, 1.82) is 0 Å². The third kappa shape index (κ3) is 3.77. The zero-order valence-electron chi connectivity index (χ0n) is 15.3. The van der Waals surface area contributed by atoms with Gasteiger partial charge in [-0.1, -0.05) is 5.21 Å². The summed E-state index contributed by atoms with van der Waals surface area (Å²) in [5.74, 6) is 0.827. The second kappa shape index (κ2) is 7.75. The molecule has 1 aromatic carbocycles. The summed E-state index contributed by atoms with van der Waals surface area (Å²) in [6.07, 6.45) is 4.25. The maximum absolute atomic E-state index is 12.4. The van der Waals surface area contributed by atoms with Crippen LogP contribution in [-0.4, -0.2) is 63.3 Å². The number of ether oxygens (including phenoxy) is 1. The number of amides is 1. The minimum atomic E-state index is -0.0888. The highest BCUT2D eigenvalue weighted by molar-refractivity contribution is 5.97. The van der Waals surface area contributed by atoms with E-state index in [4.69, 9.17) is 9.72 Å². The Morgan fingerprint density at radius 3 is 2.93 bits per heavy atom. The molecule has 3 aromatic rings. The second-order valence-electron chi connectivity index (χ2n) is 6.55. The van der Waals surface area contributed by atoms with Crippen molar-refractivity contribution >= 4 is 22.9 Å². The molecule has 1 aliphatic rings. The molecule has 1 aliphatic heterocycles. The summed E-state index contributed by atoms with van der Waals surface area (Å²) in [7, 11) is 2.00. The van der Waals surface area contributed by atoms with Crippen LogP contribution in [0.5, 0.6) is 0 Å². The van der Waals surface area contributed by atoms with Gasteiger partial charge in [0.05, 0.1) is 30.4 Å². The van der Waals surface area contributed by atoms with E-state index in [-0.39, 0.29) is 5.91 Å². The van der Waals surface area contributed by atoms with Gasteiger partial charge in [-0.3, -0.25) is 9.48 Å². The first-order chi connectivity index (χ1) is 13.2. The number of carbonyl (C=O) groups excluding carboxylic acids is 1. The summed E-state index contributed by atoms with van der Waals surface area (Å²) in [5, 5.41) is 10.6. The molecule has 0 aliphatic carbocycles. The van der Waals surface area contributed by atoms with Crippen molar-refractivity contribution in [2.24, 2.45) is 7.05 Å². The molecular weight excluding hydrogens is 346 g/mol. The highest BCUT2D eigenvalue weighted by atomic mass is 16.5. The molecule has 0 bridgehead atoms. The number of hydrogen-bond donors (Lipinski definition) is 1. The average Bonchev–Trinajstić information content (AvgIpc) is 3.33. The summed E-state index contributed by atoms with van der Waals surface area (Å²) in [6.45, 7) is 4.39. The van der Waals surface area contributed by atoms with E-state index in [1.54, 1.807) is 10.9 Å². The number of imidazole rings is 1. The van der Waals surface area contributed by atoms with E-state index < -0.39 is 0 Å². The fourth-order valence-corrected chi connectivity index (χ4v) is 3.27. The van der Waals surface area contributed by atoms with E-state index in [9.17, 15) is 4.79 Å². The Bertz CT molecular complexity index is 913. The van der Waals surface area contributed by atoms with Gasteiger partial charge in [0.1, 0.15) is 0 Å². The third-order valence-electron chi connectivity index (χ3n) is 4.73. The summed E-state index contributed by atoms with van der Waals surface area (Å²) >= 11 is 0. The normalized spacial score (nSPS) is 14.6. The molecule has 3 heterocycles. The third-order valence-corrected chi connectivity index (χ3v) is 4.73. The Balaban J connectivity index is 1.42. The van der Waals surface area contributed by atoms with Crippen LogP contribution < -0.4 is 10.2 Å². The lowest BCUT2D eigenvalue weighted by Crippen LogP contribution is -2.37. The Morgan fingerprint density at radius 2 is 2.15 bits per heavy atom. The molecule has 9 heteroatoms. The number of carbonyl (C=O) groups is 1. The highest BCUT2D eigenvalue weighted by Gasteiger charge is 2.18. The Hall–Kier alpha value is -2.94. The standard InChI is InChI=1S/C18H23N7O2/c1-23-16-4-3-14(17(26)19-5-2-7-25-8-6-20-22-25)13-15(16)21-18(23)24-9-11-27-12-10-24/h3-4,6,8,13H,2,5,7,9-12H2,1H3,(H,19,26). The number of hydrogen-bond acceptors (Lipinski definition) is 6. The molecule has 142 valence electrons. The lowest BCUT2D eigenvalue weighted by atomic mass is 10.2. The van der Waals surface area contributed by atoms with Gasteiger partial charge in [0.25, 0.3) is 5.91 Å². The lowest BCUT2D eigenvalue weighted by molar-refractivity contribution is 0.0952. The monoisotopic (exact) mass is 369 g/mol. The van der Waals surface area contributed by atoms with Crippen molar-refractivity contribution in [1.82, 2.24) is 29.9 Å². The molecular formula is C18H23N7O2. The summed E-state index contributed by atoms with van der Waals surface area (Å²) in [4.78, 5) is 19.4. The first-order valence-electron chi connectivity index (χ1n) is 9.14. The zero-order chi connectivity index (χ0) is 18.6. The fourth-order valence-electron chi connectivity index (χ4n) is 3.27. The van der Waals surface area contributed by atoms with Gasteiger partial charge in [0.2, 0.25) is 5.95 Å². The van der Waals surface area contributed by atoms with Gasteiger partial charge >= 0.3 is 0 Å². The maximum Gasteiger partial charge on any atom is 0.251 e. The van der Waals surface area contributed by atoms with Gasteiger partial charge in [-0.2, -0.15) is 0 Å². The number of aryl methyl sites for hydroxylation is 2. The van der Waals surface area contributed by atoms with Gasteiger partial charge in [-0.05, 0) is 24.6 Å². The van der Waals surface area contributed by atoms with Gasteiger partial charge in [-0.15, -0.1) is 5.10 Å². The van der Waals surface area contributed by atoms with Crippen LogP contribution in [0, 0.1) is 0 Å². The van der Waals surface area contributed by atoms with E-state index in [2.05, 4.69) is 25.1 Å². The molecule has 0 radical (unpaired) electrons. The highest BCUT2D eigenvalue weighted by Crippen LogP contribution is 2.23. The molecule has 9 nitrogen and oxygen atoms in total. The summed E-state index contributed by atoms with van der Waals surface area (Å²) in [6, 6.07) is 5.66. The van der Waals surface area contributed by atoms with Crippen molar-refractivity contribution < 1.29 is 9.53 Å².